The summed E-state index contributed by atoms with van der Waals surface area (Å²) in [6.45, 7) is 3.77. The van der Waals surface area contributed by atoms with E-state index in [1.807, 2.05) is 6.92 Å². The Kier molecular flexibility index (Phi) is 8.90. The summed E-state index contributed by atoms with van der Waals surface area (Å²) in [5.74, 6) is 0.114. The lowest BCUT2D eigenvalue weighted by atomic mass is 10.2. The van der Waals surface area contributed by atoms with Crippen molar-refractivity contribution in [1.82, 2.24) is 5.43 Å². The number of halogens is 2. The minimum absolute atomic E-state index is 0.256. The van der Waals surface area contributed by atoms with E-state index < -0.39 is 18.0 Å². The predicted octanol–water partition coefficient (Wildman–Crippen LogP) is 5.53. The molecule has 34 heavy (non-hydrogen) atoms. The molecule has 0 unspecified atom stereocenters. The third-order valence-electron chi connectivity index (χ3n) is 4.42. The number of ether oxygens (including phenoxy) is 3. The van der Waals surface area contributed by atoms with Gasteiger partial charge in [-0.15, -0.1) is 0 Å². The van der Waals surface area contributed by atoms with Crippen molar-refractivity contribution in [2.24, 2.45) is 5.10 Å². The van der Waals surface area contributed by atoms with Crippen LogP contribution in [0.25, 0.3) is 0 Å². The number of carbonyl (C=O) groups is 2. The Labute approximate surface area is 207 Å². The summed E-state index contributed by atoms with van der Waals surface area (Å²) in [5.41, 5.74) is 3.41. The molecule has 7 nitrogen and oxygen atoms in total. The van der Waals surface area contributed by atoms with E-state index in [4.69, 9.17) is 37.4 Å². The lowest BCUT2D eigenvalue weighted by molar-refractivity contribution is -0.127. The van der Waals surface area contributed by atoms with Gasteiger partial charge >= 0.3 is 5.97 Å². The number of carbonyl (C=O) groups excluding carboxylic acids is 2. The van der Waals surface area contributed by atoms with Gasteiger partial charge in [0.25, 0.3) is 5.91 Å². The summed E-state index contributed by atoms with van der Waals surface area (Å²) < 4.78 is 16.6. The number of hydrogen-bond donors (Lipinski definition) is 1. The molecule has 3 aromatic carbocycles. The third kappa shape index (κ3) is 7.23. The molecular weight excluding hydrogens is 479 g/mol. The second kappa shape index (κ2) is 12.1. The van der Waals surface area contributed by atoms with Crippen LogP contribution >= 0.6 is 23.2 Å². The fourth-order valence-electron chi connectivity index (χ4n) is 2.76. The molecule has 0 aliphatic rings. The summed E-state index contributed by atoms with van der Waals surface area (Å²) in [6, 6.07) is 18.0. The maximum atomic E-state index is 12.4. The zero-order valence-electron chi connectivity index (χ0n) is 18.5. The van der Waals surface area contributed by atoms with Crippen LogP contribution in [0.15, 0.2) is 71.8 Å². The van der Waals surface area contributed by atoms with Crippen molar-refractivity contribution in [3.05, 3.63) is 87.9 Å². The average molecular weight is 501 g/mol. The third-order valence-corrected chi connectivity index (χ3v) is 4.90. The molecule has 1 N–H and O–H groups in total. The summed E-state index contributed by atoms with van der Waals surface area (Å²) in [4.78, 5) is 24.7. The first kappa shape index (κ1) is 25.1. The smallest absolute Gasteiger partial charge is 0.343 e. The number of hydrazone groups is 1. The number of amides is 1. The van der Waals surface area contributed by atoms with Crippen molar-refractivity contribution in [3.63, 3.8) is 0 Å². The molecule has 1 atom stereocenters. The minimum atomic E-state index is -0.788. The van der Waals surface area contributed by atoms with Gasteiger partial charge in [-0.3, -0.25) is 4.79 Å². The molecule has 0 radical (unpaired) electrons. The van der Waals surface area contributed by atoms with Gasteiger partial charge in [-0.2, -0.15) is 5.10 Å². The van der Waals surface area contributed by atoms with E-state index in [1.165, 1.54) is 6.21 Å². The number of rotatable bonds is 9. The van der Waals surface area contributed by atoms with E-state index in [1.54, 1.807) is 73.7 Å². The van der Waals surface area contributed by atoms with E-state index in [9.17, 15) is 9.59 Å². The number of nitrogens with one attached hydrogen (secondary N) is 1. The molecule has 3 aromatic rings. The SMILES string of the molecule is CCOc1cc(/C=N\NC(=O)[C@@H](C)Oc2cccc(Cl)c2)ccc1OC(=O)c1ccc(Cl)cc1. The van der Waals surface area contributed by atoms with Gasteiger partial charge in [-0.25, -0.2) is 10.2 Å². The Bertz CT molecular complexity index is 1180. The Balaban J connectivity index is 1.62. The fraction of sp³-hybridized carbons (Fsp3) is 0.160. The predicted molar refractivity (Wildman–Crippen MR) is 131 cm³/mol. The van der Waals surface area contributed by atoms with Gasteiger partial charge in [0.05, 0.1) is 18.4 Å². The second-order valence-electron chi connectivity index (χ2n) is 6.99. The van der Waals surface area contributed by atoms with Gasteiger partial charge in [-0.1, -0.05) is 29.3 Å². The number of nitrogens with zero attached hydrogens (tertiary/aromatic N) is 1. The summed E-state index contributed by atoms with van der Waals surface area (Å²) >= 11 is 11.8. The van der Waals surface area contributed by atoms with Gasteiger partial charge in [0.2, 0.25) is 0 Å². The van der Waals surface area contributed by atoms with E-state index in [0.29, 0.717) is 39.3 Å². The zero-order chi connectivity index (χ0) is 24.5. The zero-order valence-corrected chi connectivity index (χ0v) is 20.0. The topological polar surface area (TPSA) is 86.2 Å². The Morgan fingerprint density at radius 2 is 1.76 bits per heavy atom. The Morgan fingerprint density at radius 3 is 2.47 bits per heavy atom. The number of esters is 1. The van der Waals surface area contributed by atoms with Crippen LogP contribution in [-0.4, -0.2) is 30.8 Å². The second-order valence-corrected chi connectivity index (χ2v) is 7.86. The standard InChI is InChI=1S/C25H22Cl2N2O5/c1-3-32-23-13-17(7-12-22(23)34-25(31)18-8-10-19(26)11-9-18)15-28-29-24(30)16(2)33-21-6-4-5-20(27)14-21/h4-16H,3H2,1-2H3,(H,29,30)/b28-15-/t16-/m1/s1. The highest BCUT2D eigenvalue weighted by molar-refractivity contribution is 6.31. The summed E-state index contributed by atoms with van der Waals surface area (Å²) in [7, 11) is 0. The van der Waals surface area contributed by atoms with Crippen molar-refractivity contribution in [1.29, 1.82) is 0 Å². The molecule has 0 heterocycles. The van der Waals surface area contributed by atoms with Crippen LogP contribution in [0.5, 0.6) is 17.2 Å². The Morgan fingerprint density at radius 1 is 1.00 bits per heavy atom. The van der Waals surface area contributed by atoms with Crippen LogP contribution in [0.2, 0.25) is 10.0 Å². The summed E-state index contributed by atoms with van der Waals surface area (Å²) in [5, 5.41) is 4.99. The molecule has 176 valence electrons. The first-order valence-corrected chi connectivity index (χ1v) is 11.1. The van der Waals surface area contributed by atoms with Crippen LogP contribution in [-0.2, 0) is 4.79 Å². The maximum absolute atomic E-state index is 12.4. The van der Waals surface area contributed by atoms with Gasteiger partial charge < -0.3 is 14.2 Å². The van der Waals surface area contributed by atoms with Crippen LogP contribution in [0.1, 0.15) is 29.8 Å². The molecule has 3 rings (SSSR count). The van der Waals surface area contributed by atoms with Crippen LogP contribution < -0.4 is 19.6 Å². The van der Waals surface area contributed by atoms with Crippen molar-refractivity contribution in [3.8, 4) is 17.2 Å². The van der Waals surface area contributed by atoms with E-state index >= 15 is 0 Å². The van der Waals surface area contributed by atoms with Crippen molar-refractivity contribution in [2.45, 2.75) is 20.0 Å². The molecule has 0 aromatic heterocycles. The molecule has 1 amide bonds. The van der Waals surface area contributed by atoms with Crippen molar-refractivity contribution >= 4 is 41.3 Å². The quantitative estimate of drug-likeness (QED) is 0.180. The summed E-state index contributed by atoms with van der Waals surface area (Å²) in [6.07, 6.45) is 0.654. The van der Waals surface area contributed by atoms with Gasteiger partial charge in [0, 0.05) is 10.0 Å². The van der Waals surface area contributed by atoms with Gasteiger partial charge in [0.15, 0.2) is 17.6 Å². The van der Waals surface area contributed by atoms with E-state index in [-0.39, 0.29) is 5.75 Å². The van der Waals surface area contributed by atoms with E-state index in [2.05, 4.69) is 10.5 Å². The van der Waals surface area contributed by atoms with Gasteiger partial charge in [0.1, 0.15) is 5.75 Å². The van der Waals surface area contributed by atoms with Crippen LogP contribution in [0, 0.1) is 0 Å². The van der Waals surface area contributed by atoms with Crippen molar-refractivity contribution in [2.75, 3.05) is 6.61 Å². The largest absolute Gasteiger partial charge is 0.490 e. The van der Waals surface area contributed by atoms with Crippen LogP contribution in [0.3, 0.4) is 0 Å². The molecule has 0 saturated carbocycles. The lowest BCUT2D eigenvalue weighted by Gasteiger charge is -2.13. The van der Waals surface area contributed by atoms with Crippen LogP contribution in [0.4, 0.5) is 0 Å². The lowest BCUT2D eigenvalue weighted by Crippen LogP contribution is -2.33. The first-order valence-electron chi connectivity index (χ1n) is 10.4. The Hall–Kier alpha value is -3.55. The molecule has 0 fully saturated rings. The number of benzene rings is 3. The molecular formula is C25H22Cl2N2O5. The molecule has 0 bridgehead atoms. The fourth-order valence-corrected chi connectivity index (χ4v) is 3.07. The average Bonchev–Trinajstić information content (AvgIpc) is 2.81. The molecule has 0 saturated heterocycles. The highest BCUT2D eigenvalue weighted by atomic mass is 35.5. The number of hydrogen-bond acceptors (Lipinski definition) is 6. The molecule has 0 spiro atoms. The molecule has 0 aliphatic carbocycles. The van der Waals surface area contributed by atoms with Crippen molar-refractivity contribution < 1.29 is 23.8 Å². The molecule has 0 aliphatic heterocycles. The maximum Gasteiger partial charge on any atom is 0.343 e. The van der Waals surface area contributed by atoms with E-state index in [0.717, 1.165) is 0 Å². The first-order chi connectivity index (χ1) is 16.4. The normalized spacial score (nSPS) is 11.6. The highest BCUT2D eigenvalue weighted by Gasteiger charge is 2.15. The van der Waals surface area contributed by atoms with Gasteiger partial charge in [-0.05, 0) is 80.1 Å². The molecule has 9 heteroatoms. The minimum Gasteiger partial charge on any atom is -0.490 e. The highest BCUT2D eigenvalue weighted by Crippen LogP contribution is 2.29. The monoisotopic (exact) mass is 500 g/mol.